The van der Waals surface area contributed by atoms with Crippen molar-refractivity contribution in [1.82, 2.24) is 10.3 Å². The summed E-state index contributed by atoms with van der Waals surface area (Å²) in [6.45, 7) is 1.66. The number of rotatable bonds is 4. The van der Waals surface area contributed by atoms with Gasteiger partial charge in [-0.1, -0.05) is 0 Å². The Morgan fingerprint density at radius 3 is 2.38 bits per heavy atom. The Balaban J connectivity index is 2.12. The molecule has 1 heterocycles. The molecule has 1 amide bonds. The van der Waals surface area contributed by atoms with Crippen molar-refractivity contribution in [2.75, 3.05) is 0 Å². The number of hydrogen-bond donors (Lipinski definition) is 4. The summed E-state index contributed by atoms with van der Waals surface area (Å²) in [5.41, 5.74) is 0.0143. The Hall–Kier alpha value is -2.61. The number of thiazole rings is 1. The number of carbonyl (C=O) groups is 2. The fraction of sp³-hybridized carbons (Fsp3) is 0.154. The van der Waals surface area contributed by atoms with Gasteiger partial charge in [-0.15, -0.1) is 11.3 Å². The van der Waals surface area contributed by atoms with Crippen LogP contribution in [0, 0.1) is 0 Å². The van der Waals surface area contributed by atoms with Crippen LogP contribution in [-0.2, 0) is 0 Å². The van der Waals surface area contributed by atoms with Gasteiger partial charge in [-0.05, 0) is 19.1 Å². The number of hydrogen-bond acceptors (Lipinski definition) is 6. The van der Waals surface area contributed by atoms with Crippen LogP contribution in [-0.4, -0.2) is 32.2 Å². The highest BCUT2D eigenvalue weighted by molar-refractivity contribution is 7.09. The maximum absolute atomic E-state index is 12.0. The van der Waals surface area contributed by atoms with E-state index < -0.39 is 17.9 Å². The van der Waals surface area contributed by atoms with Gasteiger partial charge in [-0.25, -0.2) is 9.78 Å². The van der Waals surface area contributed by atoms with Crippen LogP contribution in [0.2, 0.25) is 0 Å². The second-order valence-electron chi connectivity index (χ2n) is 4.31. The minimum absolute atomic E-state index is 0.0777. The molecule has 110 valence electrons. The molecule has 0 aliphatic rings. The summed E-state index contributed by atoms with van der Waals surface area (Å²) in [4.78, 5) is 26.7. The van der Waals surface area contributed by atoms with Gasteiger partial charge in [-0.2, -0.15) is 0 Å². The van der Waals surface area contributed by atoms with Crippen molar-refractivity contribution >= 4 is 23.2 Å². The SMILES string of the molecule is CC(NC(=O)c1cc(O)cc(O)c1)c1nc(C(=O)O)cs1. The molecule has 1 aromatic heterocycles. The third kappa shape index (κ3) is 3.48. The smallest absolute Gasteiger partial charge is 0.355 e. The van der Waals surface area contributed by atoms with Gasteiger partial charge in [-0.3, -0.25) is 4.79 Å². The normalized spacial score (nSPS) is 11.9. The summed E-state index contributed by atoms with van der Waals surface area (Å²) in [5, 5.41) is 31.9. The van der Waals surface area contributed by atoms with Crippen LogP contribution < -0.4 is 5.32 Å². The molecule has 0 bridgehead atoms. The maximum Gasteiger partial charge on any atom is 0.355 e. The molecule has 4 N–H and O–H groups in total. The molecule has 1 unspecified atom stereocenters. The number of benzene rings is 1. The lowest BCUT2D eigenvalue weighted by Crippen LogP contribution is -2.26. The lowest BCUT2D eigenvalue weighted by atomic mass is 10.2. The molecule has 7 nitrogen and oxygen atoms in total. The summed E-state index contributed by atoms with van der Waals surface area (Å²) >= 11 is 1.12. The van der Waals surface area contributed by atoms with Crippen molar-refractivity contribution in [2.24, 2.45) is 0 Å². The van der Waals surface area contributed by atoms with Gasteiger partial charge >= 0.3 is 5.97 Å². The largest absolute Gasteiger partial charge is 0.508 e. The van der Waals surface area contributed by atoms with Crippen molar-refractivity contribution in [1.29, 1.82) is 0 Å². The highest BCUT2D eigenvalue weighted by Gasteiger charge is 2.17. The second-order valence-corrected chi connectivity index (χ2v) is 5.20. The maximum atomic E-state index is 12.0. The molecule has 8 heteroatoms. The van der Waals surface area contributed by atoms with Crippen LogP contribution >= 0.6 is 11.3 Å². The molecule has 0 spiro atoms. The minimum atomic E-state index is -1.13. The zero-order valence-electron chi connectivity index (χ0n) is 10.9. The molecule has 2 rings (SSSR count). The summed E-state index contributed by atoms with van der Waals surface area (Å²) in [7, 11) is 0. The first-order valence-electron chi connectivity index (χ1n) is 5.89. The fourth-order valence-electron chi connectivity index (χ4n) is 1.65. The van der Waals surface area contributed by atoms with Crippen molar-refractivity contribution in [3.8, 4) is 11.5 Å². The number of aromatic carboxylic acids is 1. The van der Waals surface area contributed by atoms with Crippen molar-refractivity contribution in [3.05, 3.63) is 39.8 Å². The monoisotopic (exact) mass is 308 g/mol. The Morgan fingerprint density at radius 1 is 1.24 bits per heavy atom. The highest BCUT2D eigenvalue weighted by atomic mass is 32.1. The number of aromatic hydroxyl groups is 2. The molecule has 0 radical (unpaired) electrons. The Bertz CT molecular complexity index is 677. The average Bonchev–Trinajstić information content (AvgIpc) is 2.87. The second kappa shape index (κ2) is 5.80. The molecule has 1 aromatic carbocycles. The number of phenols is 2. The van der Waals surface area contributed by atoms with Crippen molar-refractivity contribution in [2.45, 2.75) is 13.0 Å². The molecular formula is C13H12N2O5S. The van der Waals surface area contributed by atoms with Gasteiger partial charge in [0.15, 0.2) is 5.69 Å². The third-order valence-electron chi connectivity index (χ3n) is 2.62. The van der Waals surface area contributed by atoms with Crippen LogP contribution in [0.3, 0.4) is 0 Å². The van der Waals surface area contributed by atoms with Crippen LogP contribution in [0.5, 0.6) is 11.5 Å². The Morgan fingerprint density at radius 2 is 1.86 bits per heavy atom. The number of carboxylic acid groups (broad SMARTS) is 1. The summed E-state index contributed by atoms with van der Waals surface area (Å²) in [6, 6.07) is 3.04. The van der Waals surface area contributed by atoms with E-state index in [2.05, 4.69) is 10.3 Å². The van der Waals surface area contributed by atoms with Gasteiger partial charge in [0.05, 0.1) is 6.04 Å². The third-order valence-corrected chi connectivity index (χ3v) is 3.65. The summed E-state index contributed by atoms with van der Waals surface area (Å²) < 4.78 is 0. The van der Waals surface area contributed by atoms with Crippen LogP contribution in [0.25, 0.3) is 0 Å². The number of phenolic OH excluding ortho intramolecular Hbond substituents is 2. The molecule has 0 saturated heterocycles. The van der Waals surface area contributed by atoms with E-state index in [0.717, 1.165) is 17.4 Å². The van der Waals surface area contributed by atoms with E-state index in [9.17, 15) is 19.8 Å². The molecule has 0 aliphatic carbocycles. The molecule has 0 aliphatic heterocycles. The number of amides is 1. The predicted octanol–water partition coefficient (Wildman–Crippen LogP) is 1.74. The zero-order chi connectivity index (χ0) is 15.6. The average molecular weight is 308 g/mol. The molecule has 0 fully saturated rings. The lowest BCUT2D eigenvalue weighted by Gasteiger charge is -2.11. The number of carbonyl (C=O) groups excluding carboxylic acids is 1. The highest BCUT2D eigenvalue weighted by Crippen LogP contribution is 2.22. The van der Waals surface area contributed by atoms with Gasteiger partial charge < -0.3 is 20.6 Å². The van der Waals surface area contributed by atoms with E-state index in [1.807, 2.05) is 0 Å². The molecule has 0 saturated carbocycles. The number of aromatic nitrogens is 1. The summed E-state index contributed by atoms with van der Waals surface area (Å²) in [6.07, 6.45) is 0. The topological polar surface area (TPSA) is 120 Å². The van der Waals surface area contributed by atoms with Gasteiger partial charge in [0.1, 0.15) is 16.5 Å². The van der Waals surface area contributed by atoms with Crippen LogP contribution in [0.1, 0.15) is 38.8 Å². The van der Waals surface area contributed by atoms with Crippen LogP contribution in [0.4, 0.5) is 0 Å². The standard InChI is InChI=1S/C13H12N2O5S/c1-6(12-15-10(5-21-12)13(19)20)14-11(18)7-2-8(16)4-9(17)3-7/h2-6,16-17H,1H3,(H,14,18)(H,19,20). The molecule has 1 atom stereocenters. The number of nitrogens with one attached hydrogen (secondary N) is 1. The van der Waals surface area contributed by atoms with Gasteiger partial charge in [0.25, 0.3) is 5.91 Å². The van der Waals surface area contributed by atoms with Gasteiger partial charge in [0.2, 0.25) is 0 Å². The van der Waals surface area contributed by atoms with E-state index in [-0.39, 0.29) is 22.8 Å². The fourth-order valence-corrected chi connectivity index (χ4v) is 2.45. The van der Waals surface area contributed by atoms with Crippen molar-refractivity contribution < 1.29 is 24.9 Å². The molecule has 2 aromatic rings. The van der Waals surface area contributed by atoms with Crippen molar-refractivity contribution in [3.63, 3.8) is 0 Å². The zero-order valence-corrected chi connectivity index (χ0v) is 11.7. The Kier molecular flexibility index (Phi) is 4.08. The Labute approximate surface area is 123 Å². The van der Waals surface area contributed by atoms with E-state index in [0.29, 0.717) is 5.01 Å². The number of nitrogens with zero attached hydrogens (tertiary/aromatic N) is 1. The quantitative estimate of drug-likeness (QED) is 0.683. The van der Waals surface area contributed by atoms with E-state index in [1.54, 1.807) is 6.92 Å². The van der Waals surface area contributed by atoms with Crippen LogP contribution in [0.15, 0.2) is 23.6 Å². The molecule has 21 heavy (non-hydrogen) atoms. The molecular weight excluding hydrogens is 296 g/mol. The first kappa shape index (κ1) is 14.8. The predicted molar refractivity (Wildman–Crippen MR) is 74.7 cm³/mol. The first-order valence-corrected chi connectivity index (χ1v) is 6.77. The van der Waals surface area contributed by atoms with E-state index in [4.69, 9.17) is 5.11 Å². The minimum Gasteiger partial charge on any atom is -0.508 e. The number of carboxylic acids is 1. The van der Waals surface area contributed by atoms with Gasteiger partial charge in [0, 0.05) is 17.0 Å². The first-order chi connectivity index (χ1) is 9.86. The summed E-state index contributed by atoms with van der Waals surface area (Å²) in [5.74, 6) is -2.10. The van der Waals surface area contributed by atoms with E-state index >= 15 is 0 Å². The lowest BCUT2D eigenvalue weighted by molar-refractivity contribution is 0.0691. The van der Waals surface area contributed by atoms with E-state index in [1.165, 1.54) is 17.5 Å².